The summed E-state index contributed by atoms with van der Waals surface area (Å²) >= 11 is 0. The molecule has 1 N–H and O–H groups in total. The van der Waals surface area contributed by atoms with Crippen molar-refractivity contribution in [3.8, 4) is 11.5 Å². The fraction of sp³-hybridized carbons (Fsp3) is 0.333. The van der Waals surface area contributed by atoms with Crippen molar-refractivity contribution in [2.24, 2.45) is 0 Å². The van der Waals surface area contributed by atoms with Crippen LogP contribution in [0.1, 0.15) is 16.7 Å². The molecule has 0 spiro atoms. The van der Waals surface area contributed by atoms with Gasteiger partial charge in [0, 0.05) is 0 Å². The second-order valence-electron chi connectivity index (χ2n) is 6.56. The molecular weight excluding hydrogens is 346 g/mol. The van der Waals surface area contributed by atoms with E-state index in [0.717, 1.165) is 11.1 Å². The summed E-state index contributed by atoms with van der Waals surface area (Å²) in [5.74, 6) is 0.550. The molecule has 142 valence electrons. The number of fused-ring (bicyclic) bond motifs is 1. The standard InChI is InChI=1S/C21H23NO5/c1-14-7-8-16(9-15(14)2)10-21(24)26-13-20(23)22-11-17-12-25-18-5-3-4-6-19(18)27-17/h3-9,17H,10-13H2,1-2H3,(H,22,23)/t17-/m1/s1. The van der Waals surface area contributed by atoms with Gasteiger partial charge >= 0.3 is 5.97 Å². The van der Waals surface area contributed by atoms with Crippen LogP contribution in [-0.2, 0) is 20.7 Å². The molecule has 1 amide bonds. The van der Waals surface area contributed by atoms with Gasteiger partial charge in [-0.1, -0.05) is 30.3 Å². The SMILES string of the molecule is Cc1ccc(CC(=O)OCC(=O)NC[C@@H]2COc3ccccc3O2)cc1C. The number of carbonyl (C=O) groups is 2. The van der Waals surface area contributed by atoms with Gasteiger partial charge in [0.25, 0.3) is 5.91 Å². The molecule has 0 saturated heterocycles. The molecule has 1 heterocycles. The van der Waals surface area contributed by atoms with E-state index in [1.165, 1.54) is 5.56 Å². The average molecular weight is 369 g/mol. The van der Waals surface area contributed by atoms with E-state index in [-0.39, 0.29) is 31.6 Å². The molecule has 0 radical (unpaired) electrons. The number of esters is 1. The minimum Gasteiger partial charge on any atom is -0.486 e. The lowest BCUT2D eigenvalue weighted by molar-refractivity contribution is -0.148. The van der Waals surface area contributed by atoms with Crippen LogP contribution in [0.4, 0.5) is 0 Å². The molecule has 27 heavy (non-hydrogen) atoms. The van der Waals surface area contributed by atoms with E-state index in [1.54, 1.807) is 0 Å². The normalized spacial score (nSPS) is 15.1. The van der Waals surface area contributed by atoms with Gasteiger partial charge in [-0.2, -0.15) is 0 Å². The maximum absolute atomic E-state index is 11.9. The molecule has 3 rings (SSSR count). The van der Waals surface area contributed by atoms with E-state index in [2.05, 4.69) is 5.32 Å². The number of amides is 1. The largest absolute Gasteiger partial charge is 0.486 e. The highest BCUT2D eigenvalue weighted by atomic mass is 16.6. The first-order valence-corrected chi connectivity index (χ1v) is 8.88. The lowest BCUT2D eigenvalue weighted by atomic mass is 10.0. The summed E-state index contributed by atoms with van der Waals surface area (Å²) < 4.78 is 16.4. The van der Waals surface area contributed by atoms with E-state index in [4.69, 9.17) is 14.2 Å². The Bertz CT molecular complexity index is 833. The van der Waals surface area contributed by atoms with Crippen LogP contribution in [0.5, 0.6) is 11.5 Å². The summed E-state index contributed by atoms with van der Waals surface area (Å²) in [6.07, 6.45) is -0.139. The monoisotopic (exact) mass is 369 g/mol. The second-order valence-corrected chi connectivity index (χ2v) is 6.56. The molecule has 0 aromatic heterocycles. The van der Waals surface area contributed by atoms with Crippen molar-refractivity contribution < 1.29 is 23.8 Å². The lowest BCUT2D eigenvalue weighted by Gasteiger charge is -2.26. The molecule has 6 nitrogen and oxygen atoms in total. The maximum Gasteiger partial charge on any atom is 0.310 e. The van der Waals surface area contributed by atoms with Gasteiger partial charge in [0.1, 0.15) is 12.7 Å². The maximum atomic E-state index is 11.9. The molecule has 6 heteroatoms. The highest BCUT2D eigenvalue weighted by molar-refractivity contribution is 5.81. The summed E-state index contributed by atoms with van der Waals surface area (Å²) in [4.78, 5) is 23.8. The number of ether oxygens (including phenoxy) is 3. The molecule has 1 aliphatic heterocycles. The van der Waals surface area contributed by atoms with Crippen molar-refractivity contribution >= 4 is 11.9 Å². The van der Waals surface area contributed by atoms with Crippen molar-refractivity contribution in [1.29, 1.82) is 0 Å². The zero-order chi connectivity index (χ0) is 19.2. The van der Waals surface area contributed by atoms with Crippen LogP contribution in [0.15, 0.2) is 42.5 Å². The number of para-hydroxylation sites is 2. The molecule has 0 aliphatic carbocycles. The quantitative estimate of drug-likeness (QED) is 0.791. The van der Waals surface area contributed by atoms with Crippen LogP contribution in [0.25, 0.3) is 0 Å². The Hall–Kier alpha value is -3.02. The van der Waals surface area contributed by atoms with Crippen LogP contribution in [0.2, 0.25) is 0 Å². The van der Waals surface area contributed by atoms with Gasteiger partial charge < -0.3 is 19.5 Å². The van der Waals surface area contributed by atoms with Crippen LogP contribution in [0, 0.1) is 13.8 Å². The first-order chi connectivity index (χ1) is 13.0. The third kappa shape index (κ3) is 5.23. The predicted molar refractivity (Wildman–Crippen MR) is 99.9 cm³/mol. The van der Waals surface area contributed by atoms with Crippen molar-refractivity contribution in [1.82, 2.24) is 5.32 Å². The Balaban J connectivity index is 1.38. The zero-order valence-corrected chi connectivity index (χ0v) is 15.5. The minimum atomic E-state index is -0.431. The number of aryl methyl sites for hydroxylation is 2. The van der Waals surface area contributed by atoms with Crippen molar-refractivity contribution in [3.05, 3.63) is 59.2 Å². The number of carbonyl (C=O) groups excluding carboxylic acids is 2. The molecular formula is C21H23NO5. The Morgan fingerprint density at radius 2 is 1.89 bits per heavy atom. The van der Waals surface area contributed by atoms with Gasteiger partial charge in [0.2, 0.25) is 0 Å². The number of hydrogen-bond donors (Lipinski definition) is 1. The molecule has 0 saturated carbocycles. The van der Waals surface area contributed by atoms with Crippen molar-refractivity contribution in [2.75, 3.05) is 19.8 Å². The molecule has 1 aliphatic rings. The highest BCUT2D eigenvalue weighted by Gasteiger charge is 2.21. The fourth-order valence-corrected chi connectivity index (χ4v) is 2.72. The first kappa shape index (κ1) is 18.8. The Morgan fingerprint density at radius 3 is 2.67 bits per heavy atom. The van der Waals surface area contributed by atoms with Crippen molar-refractivity contribution in [3.63, 3.8) is 0 Å². The van der Waals surface area contributed by atoms with E-state index in [9.17, 15) is 9.59 Å². The molecule has 2 aromatic carbocycles. The van der Waals surface area contributed by atoms with Gasteiger partial charge in [-0.05, 0) is 42.7 Å². The number of nitrogens with one attached hydrogen (secondary N) is 1. The molecule has 1 atom stereocenters. The van der Waals surface area contributed by atoms with Gasteiger partial charge in [0.15, 0.2) is 18.1 Å². The lowest BCUT2D eigenvalue weighted by Crippen LogP contribution is -2.42. The Labute approximate surface area is 158 Å². The van der Waals surface area contributed by atoms with Gasteiger partial charge in [-0.3, -0.25) is 9.59 Å². The summed E-state index contributed by atoms with van der Waals surface area (Å²) in [7, 11) is 0. The van der Waals surface area contributed by atoms with Gasteiger partial charge in [0.05, 0.1) is 13.0 Å². The van der Waals surface area contributed by atoms with Crippen LogP contribution >= 0.6 is 0 Å². The van der Waals surface area contributed by atoms with E-state index in [0.29, 0.717) is 18.1 Å². The van der Waals surface area contributed by atoms with Gasteiger partial charge in [-0.25, -0.2) is 0 Å². The first-order valence-electron chi connectivity index (χ1n) is 8.88. The van der Waals surface area contributed by atoms with Crippen molar-refractivity contribution in [2.45, 2.75) is 26.4 Å². The van der Waals surface area contributed by atoms with Crippen LogP contribution in [0.3, 0.4) is 0 Å². The topological polar surface area (TPSA) is 73.9 Å². The molecule has 0 bridgehead atoms. The van der Waals surface area contributed by atoms with E-state index in [1.807, 2.05) is 56.3 Å². The molecule has 0 unspecified atom stereocenters. The summed E-state index contributed by atoms with van der Waals surface area (Å²) in [5.41, 5.74) is 3.16. The summed E-state index contributed by atoms with van der Waals surface area (Å²) in [6, 6.07) is 13.2. The molecule has 2 aromatic rings. The Kier molecular flexibility index (Phi) is 5.96. The van der Waals surface area contributed by atoms with Crippen LogP contribution in [-0.4, -0.2) is 37.7 Å². The van der Waals surface area contributed by atoms with Gasteiger partial charge in [-0.15, -0.1) is 0 Å². The third-order valence-electron chi connectivity index (χ3n) is 4.38. The van der Waals surface area contributed by atoms with E-state index >= 15 is 0 Å². The predicted octanol–water partition coefficient (Wildman–Crippen LogP) is 2.35. The Morgan fingerprint density at radius 1 is 1.11 bits per heavy atom. The minimum absolute atomic E-state index is 0.144. The zero-order valence-electron chi connectivity index (χ0n) is 15.5. The van der Waals surface area contributed by atoms with Crippen LogP contribution < -0.4 is 14.8 Å². The summed E-state index contributed by atoms with van der Waals surface area (Å²) in [5, 5.41) is 2.70. The number of benzene rings is 2. The number of rotatable bonds is 6. The smallest absolute Gasteiger partial charge is 0.310 e. The highest BCUT2D eigenvalue weighted by Crippen LogP contribution is 2.30. The number of hydrogen-bond acceptors (Lipinski definition) is 5. The summed E-state index contributed by atoms with van der Waals surface area (Å²) in [6.45, 7) is 4.33. The molecule has 0 fully saturated rings. The fourth-order valence-electron chi connectivity index (χ4n) is 2.72. The average Bonchev–Trinajstić information content (AvgIpc) is 2.67. The second kappa shape index (κ2) is 8.58. The third-order valence-corrected chi connectivity index (χ3v) is 4.38. The van der Waals surface area contributed by atoms with E-state index < -0.39 is 5.97 Å².